The van der Waals surface area contributed by atoms with Crippen molar-refractivity contribution < 1.29 is 27.4 Å². The number of aromatic amines is 1. The van der Waals surface area contributed by atoms with Crippen LogP contribution in [0.15, 0.2) is 30.3 Å². The van der Waals surface area contributed by atoms with Gasteiger partial charge in [-0.25, -0.2) is 17.6 Å². The molecule has 0 saturated carbocycles. The zero-order valence-corrected chi connectivity index (χ0v) is 22.0. The quantitative estimate of drug-likeness (QED) is 0.357. The van der Waals surface area contributed by atoms with Crippen LogP contribution >= 0.6 is 0 Å². The fourth-order valence-electron chi connectivity index (χ4n) is 5.76. The summed E-state index contributed by atoms with van der Waals surface area (Å²) >= 11 is 0. The van der Waals surface area contributed by atoms with Gasteiger partial charge >= 0.3 is 0 Å². The van der Waals surface area contributed by atoms with Crippen LogP contribution in [0.25, 0.3) is 10.9 Å². The topological polar surface area (TPSA) is 51.7 Å². The predicted octanol–water partition coefficient (Wildman–Crippen LogP) is 5.50. The fraction of sp³-hybridized carbons (Fsp3) is 0.517. The van der Waals surface area contributed by atoms with Gasteiger partial charge in [-0.3, -0.25) is 9.80 Å². The number of benzene rings is 2. The molecule has 0 bridgehead atoms. The molecular weight excluding hydrogens is 498 g/mol. The second-order valence-corrected chi connectivity index (χ2v) is 11.1. The van der Waals surface area contributed by atoms with Crippen molar-refractivity contribution in [3.05, 3.63) is 64.6 Å². The van der Waals surface area contributed by atoms with Crippen LogP contribution in [0.4, 0.5) is 17.6 Å². The summed E-state index contributed by atoms with van der Waals surface area (Å²) in [5, 5.41) is 10.3. The summed E-state index contributed by atoms with van der Waals surface area (Å²) in [5.74, 6) is -1.90. The normalized spacial score (nSPS) is 22.3. The number of rotatable bonds is 9. The Bertz CT molecular complexity index is 1280. The van der Waals surface area contributed by atoms with E-state index in [4.69, 9.17) is 4.74 Å². The zero-order chi connectivity index (χ0) is 27.2. The molecule has 2 aliphatic rings. The van der Waals surface area contributed by atoms with Gasteiger partial charge in [0.05, 0.1) is 12.6 Å². The number of aliphatic hydroxyl groups excluding tert-OH is 1. The number of likely N-dealkylation sites (tertiary alicyclic amines) is 1. The van der Waals surface area contributed by atoms with Crippen molar-refractivity contribution in [3.63, 3.8) is 0 Å². The van der Waals surface area contributed by atoms with Gasteiger partial charge in [0.2, 0.25) is 0 Å². The second-order valence-electron chi connectivity index (χ2n) is 11.1. The first-order valence-electron chi connectivity index (χ1n) is 13.3. The number of nitrogens with one attached hydrogen (secondary N) is 1. The van der Waals surface area contributed by atoms with Gasteiger partial charge in [0.25, 0.3) is 0 Å². The van der Waals surface area contributed by atoms with E-state index in [1.165, 1.54) is 31.2 Å². The minimum atomic E-state index is -1.99. The molecule has 38 heavy (non-hydrogen) atoms. The van der Waals surface area contributed by atoms with E-state index < -0.39 is 35.8 Å². The maximum atomic E-state index is 15.8. The highest BCUT2D eigenvalue weighted by Gasteiger charge is 2.42. The summed E-state index contributed by atoms with van der Waals surface area (Å²) < 4.78 is 66.6. The first-order valence-corrected chi connectivity index (χ1v) is 13.3. The van der Waals surface area contributed by atoms with Crippen LogP contribution in [-0.2, 0) is 6.42 Å². The number of H-pyrrole nitrogens is 1. The highest BCUT2D eigenvalue weighted by molar-refractivity contribution is 5.85. The molecule has 1 fully saturated rings. The molecule has 9 heteroatoms. The van der Waals surface area contributed by atoms with Crippen molar-refractivity contribution in [2.24, 2.45) is 0 Å². The molecule has 2 aromatic carbocycles. The number of nitrogens with zero attached hydrogens (tertiary/aromatic N) is 2. The van der Waals surface area contributed by atoms with E-state index in [2.05, 4.69) is 16.8 Å². The minimum absolute atomic E-state index is 0.115. The molecule has 1 saturated heterocycles. The van der Waals surface area contributed by atoms with Crippen molar-refractivity contribution in [2.75, 3.05) is 32.8 Å². The highest BCUT2D eigenvalue weighted by Crippen LogP contribution is 2.44. The van der Waals surface area contributed by atoms with Gasteiger partial charge in [-0.05, 0) is 57.0 Å². The average molecular weight is 534 g/mol. The van der Waals surface area contributed by atoms with Crippen LogP contribution in [0.2, 0.25) is 0 Å². The Morgan fingerprint density at radius 3 is 2.50 bits per heavy atom. The van der Waals surface area contributed by atoms with Crippen molar-refractivity contribution in [3.8, 4) is 5.75 Å². The molecule has 0 amide bonds. The number of fused-ring (bicyclic) bond motifs is 3. The Kier molecular flexibility index (Phi) is 7.46. The molecule has 2 N–H and O–H groups in total. The second kappa shape index (κ2) is 10.5. The first-order chi connectivity index (χ1) is 18.1. The minimum Gasteiger partial charge on any atom is -0.488 e. The smallest absolute Gasteiger partial charge is 0.143 e. The molecule has 3 heterocycles. The monoisotopic (exact) mass is 533 g/mol. The number of alkyl halides is 1. The molecule has 206 valence electrons. The third-order valence-corrected chi connectivity index (χ3v) is 7.79. The Morgan fingerprint density at radius 1 is 1.13 bits per heavy atom. The molecule has 0 aliphatic carbocycles. The van der Waals surface area contributed by atoms with E-state index in [9.17, 15) is 9.50 Å². The maximum absolute atomic E-state index is 15.8. The van der Waals surface area contributed by atoms with E-state index in [1.54, 1.807) is 11.0 Å². The standard InChI is InChI=1S/C29H35F4N3O2/c1-4-5-8-35-13-20(14-35)38-19-11-23(31)26(24(32)12-19)28-27-22(21-10-18(30)6-7-25(21)34-27)9-17(2)36(28)15-29(3,33)16-37/h6-7,10-12,17,20,28,34,37H,4-5,8-9,13-16H2,1-3H3/t17-,28-,29-/m1/s1. The molecule has 5 nitrogen and oxygen atoms in total. The number of halogens is 4. The largest absolute Gasteiger partial charge is 0.488 e. The van der Waals surface area contributed by atoms with Crippen LogP contribution in [-0.4, -0.2) is 70.5 Å². The third kappa shape index (κ3) is 5.16. The highest BCUT2D eigenvalue weighted by atomic mass is 19.1. The number of aromatic nitrogens is 1. The lowest BCUT2D eigenvalue weighted by Gasteiger charge is -2.43. The van der Waals surface area contributed by atoms with Crippen molar-refractivity contribution in [1.82, 2.24) is 14.8 Å². The van der Waals surface area contributed by atoms with Crippen LogP contribution in [0.5, 0.6) is 5.75 Å². The molecule has 0 spiro atoms. The Labute approximate surface area is 220 Å². The van der Waals surface area contributed by atoms with Gasteiger partial charge in [-0.1, -0.05) is 13.3 Å². The molecule has 1 aromatic heterocycles. The summed E-state index contributed by atoms with van der Waals surface area (Å²) in [5.41, 5.74) is -0.345. The van der Waals surface area contributed by atoms with Crippen molar-refractivity contribution >= 4 is 10.9 Å². The number of unbranched alkanes of at least 4 members (excludes halogenated alkanes) is 1. The Hall–Kier alpha value is -2.62. The SMILES string of the molecule is CCCCN1CC(Oc2cc(F)c([C@@H]3c4[nH]c5ccc(F)cc5c4C[C@@H](C)N3C[C@@](C)(F)CO)c(F)c2)C1. The lowest BCUT2D eigenvalue weighted by molar-refractivity contribution is 0.0153. The molecular formula is C29H35F4N3O2. The van der Waals surface area contributed by atoms with Gasteiger partial charge in [0.15, 0.2) is 0 Å². The summed E-state index contributed by atoms with van der Waals surface area (Å²) in [7, 11) is 0. The van der Waals surface area contributed by atoms with Crippen LogP contribution in [0, 0.1) is 17.5 Å². The van der Waals surface area contributed by atoms with Gasteiger partial charge in [0.1, 0.15) is 35.0 Å². The van der Waals surface area contributed by atoms with E-state index in [1.807, 2.05) is 6.92 Å². The van der Waals surface area contributed by atoms with Gasteiger partial charge < -0.3 is 14.8 Å². The number of hydrogen-bond donors (Lipinski definition) is 2. The van der Waals surface area contributed by atoms with E-state index in [-0.39, 0.29) is 30.0 Å². The number of hydrogen-bond acceptors (Lipinski definition) is 4. The molecule has 2 aliphatic heterocycles. The molecule has 0 unspecified atom stereocenters. The first kappa shape index (κ1) is 27.0. The van der Waals surface area contributed by atoms with Gasteiger partial charge in [0, 0.05) is 60.0 Å². The molecule has 3 aromatic rings. The Balaban J connectivity index is 1.52. The van der Waals surface area contributed by atoms with E-state index in [0.717, 1.165) is 24.9 Å². The summed E-state index contributed by atoms with van der Waals surface area (Å²) in [6, 6.07) is 5.35. The van der Waals surface area contributed by atoms with Crippen LogP contribution in [0.1, 0.15) is 56.5 Å². The molecule has 5 rings (SSSR count). The fourth-order valence-corrected chi connectivity index (χ4v) is 5.76. The summed E-state index contributed by atoms with van der Waals surface area (Å²) in [6.45, 7) is 6.66. The summed E-state index contributed by atoms with van der Waals surface area (Å²) in [6.07, 6.45) is 2.49. The lowest BCUT2D eigenvalue weighted by atomic mass is 9.87. The number of ether oxygens (including phenoxy) is 1. The third-order valence-electron chi connectivity index (χ3n) is 7.79. The number of aliphatic hydroxyl groups is 1. The average Bonchev–Trinajstić information content (AvgIpc) is 3.18. The molecule has 0 radical (unpaired) electrons. The van der Waals surface area contributed by atoms with Crippen molar-refractivity contribution in [1.29, 1.82) is 0 Å². The molecule has 3 atom stereocenters. The van der Waals surface area contributed by atoms with Crippen LogP contribution < -0.4 is 4.74 Å². The van der Waals surface area contributed by atoms with Crippen LogP contribution in [0.3, 0.4) is 0 Å². The van der Waals surface area contributed by atoms with Gasteiger partial charge in [-0.15, -0.1) is 0 Å². The van der Waals surface area contributed by atoms with Gasteiger partial charge in [-0.2, -0.15) is 0 Å². The predicted molar refractivity (Wildman–Crippen MR) is 139 cm³/mol. The van der Waals surface area contributed by atoms with Crippen molar-refractivity contribution in [2.45, 2.75) is 63.9 Å². The van der Waals surface area contributed by atoms with E-state index in [0.29, 0.717) is 36.1 Å². The lowest BCUT2D eigenvalue weighted by Crippen LogP contribution is -2.53. The maximum Gasteiger partial charge on any atom is 0.143 e. The zero-order valence-electron chi connectivity index (χ0n) is 22.0. The van der Waals surface area contributed by atoms with E-state index >= 15 is 13.2 Å². The Morgan fingerprint density at radius 2 is 1.84 bits per heavy atom. The summed E-state index contributed by atoms with van der Waals surface area (Å²) in [4.78, 5) is 7.14.